The van der Waals surface area contributed by atoms with Crippen molar-refractivity contribution < 1.29 is 13.9 Å². The Bertz CT molecular complexity index is 500. The van der Waals surface area contributed by atoms with Crippen molar-refractivity contribution in [2.24, 2.45) is 0 Å². The number of nitrogens with zero attached hydrogens (tertiary/aromatic N) is 1. The van der Waals surface area contributed by atoms with Crippen LogP contribution < -0.4 is 0 Å². The molecule has 1 rings (SSSR count). The summed E-state index contributed by atoms with van der Waals surface area (Å²) in [5, 5.41) is 8.72. The molecule has 0 radical (unpaired) electrons. The van der Waals surface area contributed by atoms with E-state index in [-0.39, 0.29) is 12.2 Å². The number of benzene rings is 1. The van der Waals surface area contributed by atoms with Crippen molar-refractivity contribution in [1.82, 2.24) is 0 Å². The normalized spacial score (nSPS) is 11.4. The number of allylic oxidation sites excluding steroid dienone is 1. The first-order valence-corrected chi connectivity index (χ1v) is 5.14. The van der Waals surface area contributed by atoms with Gasteiger partial charge in [-0.05, 0) is 37.1 Å². The number of ether oxygens (including phenoxy) is 1. The number of hydrogen-bond donors (Lipinski definition) is 0. The molecule has 0 atom stereocenters. The van der Waals surface area contributed by atoms with Gasteiger partial charge in [0, 0.05) is 0 Å². The number of carbonyl (C=O) groups excluding carboxylic acids is 1. The SMILES string of the molecule is CCOC(=O)C(F)=C(C)c1cccc(C#N)c1. The van der Waals surface area contributed by atoms with Gasteiger partial charge in [-0.15, -0.1) is 0 Å². The molecule has 0 amide bonds. The Morgan fingerprint density at radius 2 is 2.24 bits per heavy atom. The average molecular weight is 233 g/mol. The number of halogens is 1. The lowest BCUT2D eigenvalue weighted by Gasteiger charge is -2.04. The summed E-state index contributed by atoms with van der Waals surface area (Å²) in [4.78, 5) is 11.2. The fourth-order valence-corrected chi connectivity index (χ4v) is 1.30. The molecule has 0 aliphatic heterocycles. The quantitative estimate of drug-likeness (QED) is 0.595. The van der Waals surface area contributed by atoms with E-state index in [1.807, 2.05) is 6.07 Å². The first kappa shape index (κ1) is 12.9. The van der Waals surface area contributed by atoms with Crippen LogP contribution >= 0.6 is 0 Å². The maximum absolute atomic E-state index is 13.6. The molecule has 0 N–H and O–H groups in total. The average Bonchev–Trinajstić information content (AvgIpc) is 2.37. The Morgan fingerprint density at radius 1 is 1.53 bits per heavy atom. The van der Waals surface area contributed by atoms with Crippen LogP contribution in [0.2, 0.25) is 0 Å². The zero-order valence-electron chi connectivity index (χ0n) is 9.66. The minimum Gasteiger partial charge on any atom is -0.461 e. The number of esters is 1. The largest absolute Gasteiger partial charge is 0.461 e. The second kappa shape index (κ2) is 5.80. The molecule has 17 heavy (non-hydrogen) atoms. The van der Waals surface area contributed by atoms with Crippen LogP contribution in [0.5, 0.6) is 0 Å². The van der Waals surface area contributed by atoms with Gasteiger partial charge in [-0.3, -0.25) is 0 Å². The van der Waals surface area contributed by atoms with Crippen LogP contribution in [0.1, 0.15) is 25.0 Å². The van der Waals surface area contributed by atoms with E-state index in [2.05, 4.69) is 4.74 Å². The lowest BCUT2D eigenvalue weighted by molar-refractivity contribution is -0.140. The molecule has 0 heterocycles. The van der Waals surface area contributed by atoms with Crippen LogP contribution in [0.4, 0.5) is 4.39 Å². The highest BCUT2D eigenvalue weighted by Gasteiger charge is 2.14. The highest BCUT2D eigenvalue weighted by molar-refractivity contribution is 5.94. The molecular weight excluding hydrogens is 221 g/mol. The molecule has 0 aromatic heterocycles. The molecule has 0 spiro atoms. The fraction of sp³-hybridized carbons (Fsp3) is 0.231. The van der Waals surface area contributed by atoms with Crippen molar-refractivity contribution in [2.75, 3.05) is 6.61 Å². The van der Waals surface area contributed by atoms with Crippen molar-refractivity contribution in [3.05, 3.63) is 41.2 Å². The summed E-state index contributed by atoms with van der Waals surface area (Å²) < 4.78 is 18.2. The highest BCUT2D eigenvalue weighted by Crippen LogP contribution is 2.21. The molecule has 0 bridgehead atoms. The van der Waals surface area contributed by atoms with Crippen molar-refractivity contribution in [3.8, 4) is 6.07 Å². The summed E-state index contributed by atoms with van der Waals surface area (Å²) in [5.74, 6) is -1.91. The van der Waals surface area contributed by atoms with Gasteiger partial charge in [0.15, 0.2) is 0 Å². The number of rotatable bonds is 3. The Labute approximate surface area is 99.1 Å². The van der Waals surface area contributed by atoms with Crippen LogP contribution in [-0.2, 0) is 9.53 Å². The maximum Gasteiger partial charge on any atom is 0.367 e. The zero-order chi connectivity index (χ0) is 12.8. The number of nitriles is 1. The number of hydrogen-bond acceptors (Lipinski definition) is 3. The van der Waals surface area contributed by atoms with E-state index < -0.39 is 11.8 Å². The van der Waals surface area contributed by atoms with Gasteiger partial charge in [0.05, 0.1) is 18.2 Å². The third-order valence-corrected chi connectivity index (χ3v) is 2.21. The smallest absolute Gasteiger partial charge is 0.367 e. The summed E-state index contributed by atoms with van der Waals surface area (Å²) in [6.07, 6.45) is 0. The number of carbonyl (C=O) groups is 1. The Hall–Kier alpha value is -2.15. The summed E-state index contributed by atoms with van der Waals surface area (Å²) in [7, 11) is 0. The lowest BCUT2D eigenvalue weighted by atomic mass is 10.0. The Balaban J connectivity index is 3.10. The standard InChI is InChI=1S/C13H12FNO2/c1-3-17-13(16)12(14)9(2)11-6-4-5-10(7-11)8-15/h4-7H,3H2,1-2H3. The Kier molecular flexibility index (Phi) is 4.41. The van der Waals surface area contributed by atoms with E-state index >= 15 is 0 Å². The van der Waals surface area contributed by atoms with Crippen LogP contribution in [0, 0.1) is 11.3 Å². The highest BCUT2D eigenvalue weighted by atomic mass is 19.1. The third-order valence-electron chi connectivity index (χ3n) is 2.21. The lowest BCUT2D eigenvalue weighted by Crippen LogP contribution is -2.05. The van der Waals surface area contributed by atoms with E-state index in [1.54, 1.807) is 25.1 Å². The van der Waals surface area contributed by atoms with Crippen molar-refractivity contribution >= 4 is 11.5 Å². The van der Waals surface area contributed by atoms with E-state index in [1.165, 1.54) is 13.0 Å². The first-order chi connectivity index (χ1) is 8.10. The second-order valence-electron chi connectivity index (χ2n) is 3.35. The van der Waals surface area contributed by atoms with E-state index in [4.69, 9.17) is 5.26 Å². The topological polar surface area (TPSA) is 50.1 Å². The summed E-state index contributed by atoms with van der Waals surface area (Å²) in [5.41, 5.74) is 1.08. The second-order valence-corrected chi connectivity index (χ2v) is 3.35. The molecule has 0 saturated heterocycles. The van der Waals surface area contributed by atoms with Gasteiger partial charge in [0.2, 0.25) is 5.83 Å². The van der Waals surface area contributed by atoms with E-state index in [0.717, 1.165) is 0 Å². The molecule has 88 valence electrons. The molecule has 0 unspecified atom stereocenters. The van der Waals surface area contributed by atoms with Crippen molar-refractivity contribution in [1.29, 1.82) is 5.26 Å². The molecule has 0 aliphatic carbocycles. The van der Waals surface area contributed by atoms with Gasteiger partial charge < -0.3 is 4.74 Å². The van der Waals surface area contributed by atoms with Gasteiger partial charge >= 0.3 is 5.97 Å². The van der Waals surface area contributed by atoms with Gasteiger partial charge in [-0.2, -0.15) is 9.65 Å². The molecule has 3 nitrogen and oxygen atoms in total. The molecular formula is C13H12FNO2. The summed E-state index contributed by atoms with van der Waals surface area (Å²) in [6, 6.07) is 8.36. The Morgan fingerprint density at radius 3 is 2.82 bits per heavy atom. The van der Waals surface area contributed by atoms with Crippen molar-refractivity contribution in [2.45, 2.75) is 13.8 Å². The first-order valence-electron chi connectivity index (χ1n) is 5.14. The van der Waals surface area contributed by atoms with Crippen LogP contribution in [-0.4, -0.2) is 12.6 Å². The molecule has 1 aromatic carbocycles. The van der Waals surface area contributed by atoms with Crippen LogP contribution in [0.15, 0.2) is 30.1 Å². The molecule has 0 saturated carbocycles. The summed E-state index contributed by atoms with van der Waals surface area (Å²) in [6.45, 7) is 3.21. The molecule has 0 fully saturated rings. The van der Waals surface area contributed by atoms with Gasteiger partial charge in [-0.25, -0.2) is 4.79 Å². The minimum absolute atomic E-state index is 0.123. The zero-order valence-corrected chi connectivity index (χ0v) is 9.66. The van der Waals surface area contributed by atoms with E-state index in [9.17, 15) is 9.18 Å². The van der Waals surface area contributed by atoms with Gasteiger partial charge in [0.25, 0.3) is 0 Å². The van der Waals surface area contributed by atoms with E-state index in [0.29, 0.717) is 11.1 Å². The van der Waals surface area contributed by atoms with Gasteiger partial charge in [-0.1, -0.05) is 12.1 Å². The maximum atomic E-state index is 13.6. The third kappa shape index (κ3) is 3.15. The summed E-state index contributed by atoms with van der Waals surface area (Å²) >= 11 is 0. The monoisotopic (exact) mass is 233 g/mol. The minimum atomic E-state index is -0.979. The van der Waals surface area contributed by atoms with Gasteiger partial charge in [0.1, 0.15) is 0 Å². The molecule has 1 aromatic rings. The van der Waals surface area contributed by atoms with Crippen LogP contribution in [0.25, 0.3) is 5.57 Å². The van der Waals surface area contributed by atoms with Crippen LogP contribution in [0.3, 0.4) is 0 Å². The predicted octanol–water partition coefficient (Wildman–Crippen LogP) is 2.82. The molecule has 4 heteroatoms. The predicted molar refractivity (Wildman–Crippen MR) is 61.5 cm³/mol. The molecule has 0 aliphatic rings. The van der Waals surface area contributed by atoms with Crippen molar-refractivity contribution in [3.63, 3.8) is 0 Å². The fourth-order valence-electron chi connectivity index (χ4n) is 1.30.